The molecule has 0 spiro atoms. The SMILES string of the molecule is CCCc1cnn(-c2ccc(F)cc2)c1. The number of halogens is 1. The second kappa shape index (κ2) is 4.26. The number of benzene rings is 1. The minimum atomic E-state index is -0.223. The number of aromatic nitrogens is 2. The van der Waals surface area contributed by atoms with Gasteiger partial charge in [0.1, 0.15) is 5.82 Å². The van der Waals surface area contributed by atoms with Gasteiger partial charge in [0.05, 0.1) is 11.9 Å². The van der Waals surface area contributed by atoms with E-state index in [1.54, 1.807) is 16.8 Å². The van der Waals surface area contributed by atoms with Crippen molar-refractivity contribution in [3.63, 3.8) is 0 Å². The molecule has 0 radical (unpaired) electrons. The van der Waals surface area contributed by atoms with E-state index in [0.717, 1.165) is 18.5 Å². The van der Waals surface area contributed by atoms with E-state index in [1.165, 1.54) is 17.7 Å². The van der Waals surface area contributed by atoms with Crippen LogP contribution in [0.15, 0.2) is 36.7 Å². The quantitative estimate of drug-likeness (QED) is 0.751. The highest BCUT2D eigenvalue weighted by atomic mass is 19.1. The van der Waals surface area contributed by atoms with Crippen molar-refractivity contribution < 1.29 is 4.39 Å². The van der Waals surface area contributed by atoms with Crippen LogP contribution in [0.1, 0.15) is 18.9 Å². The van der Waals surface area contributed by atoms with E-state index >= 15 is 0 Å². The van der Waals surface area contributed by atoms with Crippen molar-refractivity contribution in [2.75, 3.05) is 0 Å². The maximum Gasteiger partial charge on any atom is 0.123 e. The van der Waals surface area contributed by atoms with Gasteiger partial charge in [-0.3, -0.25) is 0 Å². The van der Waals surface area contributed by atoms with Crippen LogP contribution in [0, 0.1) is 5.82 Å². The van der Waals surface area contributed by atoms with E-state index in [4.69, 9.17) is 0 Å². The lowest BCUT2D eigenvalue weighted by molar-refractivity contribution is 0.627. The molecule has 3 heteroatoms. The smallest absolute Gasteiger partial charge is 0.123 e. The molecule has 0 N–H and O–H groups in total. The van der Waals surface area contributed by atoms with Crippen molar-refractivity contribution in [1.29, 1.82) is 0 Å². The Morgan fingerprint density at radius 2 is 2.00 bits per heavy atom. The second-order valence-corrected chi connectivity index (χ2v) is 3.52. The molecule has 1 heterocycles. The Morgan fingerprint density at radius 1 is 1.27 bits per heavy atom. The number of hydrogen-bond donors (Lipinski definition) is 0. The van der Waals surface area contributed by atoms with E-state index in [0.29, 0.717) is 0 Å². The Bertz CT molecular complexity index is 431. The molecule has 0 amide bonds. The van der Waals surface area contributed by atoms with Crippen LogP contribution in [0.25, 0.3) is 5.69 Å². The molecule has 0 aliphatic rings. The Labute approximate surface area is 88.4 Å². The predicted molar refractivity (Wildman–Crippen MR) is 57.5 cm³/mol. The lowest BCUT2D eigenvalue weighted by atomic mass is 10.2. The van der Waals surface area contributed by atoms with E-state index in [9.17, 15) is 4.39 Å². The molecule has 0 aliphatic heterocycles. The van der Waals surface area contributed by atoms with Crippen molar-refractivity contribution >= 4 is 0 Å². The summed E-state index contributed by atoms with van der Waals surface area (Å²) in [5, 5.41) is 4.23. The predicted octanol–water partition coefficient (Wildman–Crippen LogP) is 2.96. The van der Waals surface area contributed by atoms with Gasteiger partial charge in [0, 0.05) is 6.20 Å². The Morgan fingerprint density at radius 3 is 2.67 bits per heavy atom. The lowest BCUT2D eigenvalue weighted by Crippen LogP contribution is -1.93. The van der Waals surface area contributed by atoms with Crippen molar-refractivity contribution in [3.05, 3.63) is 48.0 Å². The number of aryl methyl sites for hydroxylation is 1. The molecule has 2 nitrogen and oxygen atoms in total. The highest BCUT2D eigenvalue weighted by Gasteiger charge is 2.00. The van der Waals surface area contributed by atoms with Crippen LogP contribution in [-0.4, -0.2) is 9.78 Å². The monoisotopic (exact) mass is 204 g/mol. The summed E-state index contributed by atoms with van der Waals surface area (Å²) in [5.74, 6) is -0.223. The summed E-state index contributed by atoms with van der Waals surface area (Å²) in [4.78, 5) is 0. The third kappa shape index (κ3) is 2.24. The molecule has 0 saturated heterocycles. The van der Waals surface area contributed by atoms with Gasteiger partial charge >= 0.3 is 0 Å². The largest absolute Gasteiger partial charge is 0.241 e. The summed E-state index contributed by atoms with van der Waals surface area (Å²) in [6.07, 6.45) is 5.97. The van der Waals surface area contributed by atoms with Crippen molar-refractivity contribution in [2.24, 2.45) is 0 Å². The molecular formula is C12H13FN2. The van der Waals surface area contributed by atoms with Crippen LogP contribution in [0.4, 0.5) is 4.39 Å². The van der Waals surface area contributed by atoms with Gasteiger partial charge in [-0.05, 0) is 36.2 Å². The highest BCUT2D eigenvalue weighted by molar-refractivity contribution is 5.31. The van der Waals surface area contributed by atoms with Gasteiger partial charge in [0.25, 0.3) is 0 Å². The van der Waals surface area contributed by atoms with Gasteiger partial charge in [0.2, 0.25) is 0 Å². The zero-order valence-electron chi connectivity index (χ0n) is 8.65. The van der Waals surface area contributed by atoms with Gasteiger partial charge in [-0.25, -0.2) is 9.07 Å². The first-order chi connectivity index (χ1) is 7.29. The van der Waals surface area contributed by atoms with Crippen LogP contribution < -0.4 is 0 Å². The zero-order valence-corrected chi connectivity index (χ0v) is 8.65. The second-order valence-electron chi connectivity index (χ2n) is 3.52. The normalized spacial score (nSPS) is 10.5. The van der Waals surface area contributed by atoms with Crippen LogP contribution in [0.3, 0.4) is 0 Å². The fraction of sp³-hybridized carbons (Fsp3) is 0.250. The minimum Gasteiger partial charge on any atom is -0.241 e. The van der Waals surface area contributed by atoms with Crippen LogP contribution in [0.2, 0.25) is 0 Å². The van der Waals surface area contributed by atoms with Gasteiger partial charge in [-0.1, -0.05) is 13.3 Å². The topological polar surface area (TPSA) is 17.8 Å². The van der Waals surface area contributed by atoms with Gasteiger partial charge in [0.15, 0.2) is 0 Å². The standard InChI is InChI=1S/C12H13FN2/c1-2-3-10-8-14-15(9-10)12-6-4-11(13)5-7-12/h4-9H,2-3H2,1H3. The van der Waals surface area contributed by atoms with Crippen LogP contribution >= 0.6 is 0 Å². The van der Waals surface area contributed by atoms with Gasteiger partial charge in [-0.15, -0.1) is 0 Å². The number of hydrogen-bond acceptors (Lipinski definition) is 1. The Hall–Kier alpha value is -1.64. The molecule has 0 saturated carbocycles. The van der Waals surface area contributed by atoms with Crippen LogP contribution in [0.5, 0.6) is 0 Å². The average molecular weight is 204 g/mol. The summed E-state index contributed by atoms with van der Waals surface area (Å²) >= 11 is 0. The Balaban J connectivity index is 2.25. The Kier molecular flexibility index (Phi) is 2.81. The first kappa shape index (κ1) is 9.90. The molecule has 0 fully saturated rings. The van der Waals surface area contributed by atoms with E-state index < -0.39 is 0 Å². The fourth-order valence-corrected chi connectivity index (χ4v) is 1.51. The summed E-state index contributed by atoms with van der Waals surface area (Å²) in [6.45, 7) is 2.13. The molecular weight excluding hydrogens is 191 g/mol. The van der Waals surface area contributed by atoms with E-state index in [1.807, 2.05) is 12.4 Å². The maximum atomic E-state index is 12.7. The lowest BCUT2D eigenvalue weighted by Gasteiger charge is -1.99. The third-order valence-corrected chi connectivity index (χ3v) is 2.27. The highest BCUT2D eigenvalue weighted by Crippen LogP contribution is 2.10. The molecule has 2 rings (SSSR count). The van der Waals surface area contributed by atoms with Crippen molar-refractivity contribution in [2.45, 2.75) is 19.8 Å². The molecule has 1 aromatic heterocycles. The maximum absolute atomic E-state index is 12.7. The zero-order chi connectivity index (χ0) is 10.7. The molecule has 0 bridgehead atoms. The summed E-state index contributed by atoms with van der Waals surface area (Å²) in [7, 11) is 0. The van der Waals surface area contributed by atoms with Gasteiger partial charge in [-0.2, -0.15) is 5.10 Å². The number of nitrogens with zero attached hydrogens (tertiary/aromatic N) is 2. The fourth-order valence-electron chi connectivity index (χ4n) is 1.51. The average Bonchev–Trinajstić information content (AvgIpc) is 2.68. The van der Waals surface area contributed by atoms with Crippen molar-refractivity contribution in [1.82, 2.24) is 9.78 Å². The molecule has 1 aromatic carbocycles. The van der Waals surface area contributed by atoms with E-state index in [2.05, 4.69) is 12.0 Å². The third-order valence-electron chi connectivity index (χ3n) is 2.27. The first-order valence-corrected chi connectivity index (χ1v) is 5.09. The molecule has 0 atom stereocenters. The summed E-state index contributed by atoms with van der Waals surface area (Å²) < 4.78 is 14.5. The molecule has 78 valence electrons. The van der Waals surface area contributed by atoms with E-state index in [-0.39, 0.29) is 5.82 Å². The summed E-state index contributed by atoms with van der Waals surface area (Å²) in [5.41, 5.74) is 2.10. The first-order valence-electron chi connectivity index (χ1n) is 5.09. The summed E-state index contributed by atoms with van der Waals surface area (Å²) in [6, 6.07) is 6.32. The van der Waals surface area contributed by atoms with Crippen molar-refractivity contribution in [3.8, 4) is 5.69 Å². The molecule has 0 aliphatic carbocycles. The minimum absolute atomic E-state index is 0.223. The molecule has 2 aromatic rings. The molecule has 15 heavy (non-hydrogen) atoms. The number of rotatable bonds is 3. The molecule has 0 unspecified atom stereocenters. The van der Waals surface area contributed by atoms with Crippen LogP contribution in [-0.2, 0) is 6.42 Å². The van der Waals surface area contributed by atoms with Gasteiger partial charge < -0.3 is 0 Å².